The lowest BCUT2D eigenvalue weighted by atomic mass is 9.98. The highest BCUT2D eigenvalue weighted by Crippen LogP contribution is 2.21. The molecule has 0 bridgehead atoms. The van der Waals surface area contributed by atoms with Crippen LogP contribution in [0.15, 0.2) is 22.7 Å². The van der Waals surface area contributed by atoms with E-state index in [1.54, 1.807) is 6.07 Å². The molecule has 0 saturated carbocycles. The Labute approximate surface area is 118 Å². The fourth-order valence-corrected chi connectivity index (χ4v) is 2.56. The molecule has 0 heterocycles. The fraction of sp³-hybridized carbons (Fsp3) is 0.600. The first-order chi connectivity index (χ1) is 8.52. The third-order valence-corrected chi connectivity index (χ3v) is 3.80. The van der Waals surface area contributed by atoms with Crippen LogP contribution < -0.4 is 5.32 Å². The second kappa shape index (κ2) is 7.90. The summed E-state index contributed by atoms with van der Waals surface area (Å²) in [6.07, 6.45) is 3.33. The van der Waals surface area contributed by atoms with E-state index in [9.17, 15) is 4.39 Å². The molecule has 0 aliphatic rings. The summed E-state index contributed by atoms with van der Waals surface area (Å²) in [7, 11) is 0. The van der Waals surface area contributed by atoms with Crippen molar-refractivity contribution in [1.82, 2.24) is 5.32 Å². The maximum Gasteiger partial charge on any atom is 0.124 e. The van der Waals surface area contributed by atoms with Crippen molar-refractivity contribution >= 4 is 15.9 Å². The summed E-state index contributed by atoms with van der Waals surface area (Å²) < 4.78 is 13.9. The van der Waals surface area contributed by atoms with Crippen molar-refractivity contribution in [3.05, 3.63) is 34.1 Å². The molecule has 0 spiro atoms. The second-order valence-electron chi connectivity index (χ2n) is 5.17. The third kappa shape index (κ3) is 5.49. The van der Waals surface area contributed by atoms with Crippen molar-refractivity contribution in [2.24, 2.45) is 5.92 Å². The topological polar surface area (TPSA) is 12.0 Å². The number of hydrogen-bond donors (Lipinski definition) is 1. The van der Waals surface area contributed by atoms with Crippen molar-refractivity contribution in [1.29, 1.82) is 0 Å². The van der Waals surface area contributed by atoms with Gasteiger partial charge >= 0.3 is 0 Å². The molecule has 0 amide bonds. The van der Waals surface area contributed by atoms with Gasteiger partial charge in [-0.15, -0.1) is 0 Å². The lowest BCUT2D eigenvalue weighted by molar-refractivity contribution is 0.434. The van der Waals surface area contributed by atoms with Crippen molar-refractivity contribution in [2.45, 2.75) is 46.1 Å². The largest absolute Gasteiger partial charge is 0.314 e. The van der Waals surface area contributed by atoms with Crippen molar-refractivity contribution in [3.63, 3.8) is 0 Å². The first-order valence-corrected chi connectivity index (χ1v) is 7.49. The Morgan fingerprint density at radius 1 is 1.28 bits per heavy atom. The first kappa shape index (κ1) is 15.6. The van der Waals surface area contributed by atoms with Crippen LogP contribution in [-0.4, -0.2) is 12.6 Å². The number of benzene rings is 1. The Morgan fingerprint density at radius 3 is 2.56 bits per heavy atom. The maximum atomic E-state index is 13.0. The lowest BCUT2D eigenvalue weighted by Gasteiger charge is -2.19. The van der Waals surface area contributed by atoms with Gasteiger partial charge in [-0.2, -0.15) is 0 Å². The lowest BCUT2D eigenvalue weighted by Crippen LogP contribution is -2.31. The Bertz CT molecular complexity index is 366. The van der Waals surface area contributed by atoms with Crippen molar-refractivity contribution in [3.8, 4) is 0 Å². The van der Waals surface area contributed by atoms with Crippen LogP contribution >= 0.6 is 15.9 Å². The Kier molecular flexibility index (Phi) is 6.87. The van der Waals surface area contributed by atoms with E-state index in [0.717, 1.165) is 29.8 Å². The van der Waals surface area contributed by atoms with Gasteiger partial charge < -0.3 is 5.32 Å². The van der Waals surface area contributed by atoms with Crippen LogP contribution in [0.1, 0.15) is 39.2 Å². The molecule has 1 atom stereocenters. The highest BCUT2D eigenvalue weighted by atomic mass is 79.9. The predicted molar refractivity (Wildman–Crippen MR) is 79.3 cm³/mol. The highest BCUT2D eigenvalue weighted by molar-refractivity contribution is 9.10. The molecule has 0 aliphatic heterocycles. The molecule has 18 heavy (non-hydrogen) atoms. The van der Waals surface area contributed by atoms with Gasteiger partial charge in [-0.1, -0.05) is 42.8 Å². The number of nitrogens with one attached hydrogen (secondary N) is 1. The summed E-state index contributed by atoms with van der Waals surface area (Å²) in [6, 6.07) is 5.42. The number of hydrogen-bond acceptors (Lipinski definition) is 1. The predicted octanol–water partition coefficient (Wildman–Crippen LogP) is 4.55. The zero-order valence-electron chi connectivity index (χ0n) is 11.5. The third-order valence-electron chi connectivity index (χ3n) is 3.07. The SMILES string of the molecule is CCNC(CCC(C)C)Cc1ccc(F)cc1Br. The summed E-state index contributed by atoms with van der Waals surface area (Å²) in [4.78, 5) is 0. The summed E-state index contributed by atoms with van der Waals surface area (Å²) in [5.74, 6) is 0.538. The van der Waals surface area contributed by atoms with Crippen LogP contribution in [-0.2, 0) is 6.42 Å². The van der Waals surface area contributed by atoms with E-state index < -0.39 is 0 Å². The van der Waals surface area contributed by atoms with Gasteiger partial charge in [-0.05, 0) is 49.4 Å². The number of rotatable bonds is 7. The molecular formula is C15H23BrFN. The average Bonchev–Trinajstić information content (AvgIpc) is 2.29. The molecule has 1 unspecified atom stereocenters. The van der Waals surface area contributed by atoms with Crippen LogP contribution in [0, 0.1) is 11.7 Å². The summed E-state index contributed by atoms with van der Waals surface area (Å²) in [6.45, 7) is 7.59. The van der Waals surface area contributed by atoms with Gasteiger partial charge in [-0.3, -0.25) is 0 Å². The summed E-state index contributed by atoms with van der Waals surface area (Å²) in [5, 5.41) is 3.51. The van der Waals surface area contributed by atoms with Gasteiger partial charge in [0.2, 0.25) is 0 Å². The van der Waals surface area contributed by atoms with Crippen molar-refractivity contribution < 1.29 is 4.39 Å². The summed E-state index contributed by atoms with van der Waals surface area (Å²) in [5.41, 5.74) is 1.17. The van der Waals surface area contributed by atoms with Gasteiger partial charge in [0.25, 0.3) is 0 Å². The van der Waals surface area contributed by atoms with E-state index in [1.165, 1.54) is 18.1 Å². The van der Waals surface area contributed by atoms with Gasteiger partial charge in [-0.25, -0.2) is 4.39 Å². The maximum absolute atomic E-state index is 13.0. The molecule has 0 saturated heterocycles. The van der Waals surface area contributed by atoms with Crippen LogP contribution in [0.2, 0.25) is 0 Å². The molecular weight excluding hydrogens is 293 g/mol. The van der Waals surface area contributed by atoms with Crippen LogP contribution in [0.25, 0.3) is 0 Å². The zero-order valence-corrected chi connectivity index (χ0v) is 13.1. The molecule has 0 aliphatic carbocycles. The molecule has 1 N–H and O–H groups in total. The Balaban J connectivity index is 2.64. The first-order valence-electron chi connectivity index (χ1n) is 6.70. The fourth-order valence-electron chi connectivity index (χ4n) is 2.05. The molecule has 1 aromatic carbocycles. The molecule has 1 nitrogen and oxygen atoms in total. The summed E-state index contributed by atoms with van der Waals surface area (Å²) >= 11 is 3.44. The van der Waals surface area contributed by atoms with E-state index in [-0.39, 0.29) is 5.82 Å². The zero-order chi connectivity index (χ0) is 13.5. The van der Waals surface area contributed by atoms with Gasteiger partial charge in [0.15, 0.2) is 0 Å². The van der Waals surface area contributed by atoms with Crippen molar-refractivity contribution in [2.75, 3.05) is 6.54 Å². The smallest absolute Gasteiger partial charge is 0.124 e. The molecule has 3 heteroatoms. The van der Waals surface area contributed by atoms with E-state index in [4.69, 9.17) is 0 Å². The van der Waals surface area contributed by atoms with E-state index in [2.05, 4.69) is 42.0 Å². The number of likely N-dealkylation sites (N-methyl/N-ethyl adjacent to an activating group) is 1. The van der Waals surface area contributed by atoms with E-state index >= 15 is 0 Å². The van der Waals surface area contributed by atoms with E-state index in [1.807, 2.05) is 6.07 Å². The molecule has 0 fully saturated rings. The van der Waals surface area contributed by atoms with E-state index in [0.29, 0.717) is 6.04 Å². The van der Waals surface area contributed by atoms with Gasteiger partial charge in [0.05, 0.1) is 0 Å². The molecule has 102 valence electrons. The average molecular weight is 316 g/mol. The minimum absolute atomic E-state index is 0.187. The normalized spacial score (nSPS) is 13.0. The number of halogens is 2. The molecule has 1 aromatic rings. The second-order valence-corrected chi connectivity index (χ2v) is 6.02. The van der Waals surface area contributed by atoms with Crippen LogP contribution in [0.4, 0.5) is 4.39 Å². The minimum atomic E-state index is -0.187. The Morgan fingerprint density at radius 2 is 2.00 bits per heavy atom. The molecule has 0 radical (unpaired) electrons. The minimum Gasteiger partial charge on any atom is -0.314 e. The molecule has 0 aromatic heterocycles. The quantitative estimate of drug-likeness (QED) is 0.778. The standard InChI is InChI=1S/C15H23BrFN/c1-4-18-14(8-5-11(2)3)9-12-6-7-13(17)10-15(12)16/h6-7,10-11,14,18H,4-5,8-9H2,1-3H3. The van der Waals surface area contributed by atoms with Crippen LogP contribution in [0.3, 0.4) is 0 Å². The Hall–Kier alpha value is -0.410. The highest BCUT2D eigenvalue weighted by Gasteiger charge is 2.11. The van der Waals surface area contributed by atoms with Crippen LogP contribution in [0.5, 0.6) is 0 Å². The van der Waals surface area contributed by atoms with Gasteiger partial charge in [0.1, 0.15) is 5.82 Å². The van der Waals surface area contributed by atoms with Gasteiger partial charge in [0, 0.05) is 10.5 Å². The monoisotopic (exact) mass is 315 g/mol. The molecule has 1 rings (SSSR count).